The van der Waals surface area contributed by atoms with Gasteiger partial charge in [0, 0.05) is 52.2 Å². The summed E-state index contributed by atoms with van der Waals surface area (Å²) in [6.45, 7) is 6.14. The van der Waals surface area contributed by atoms with Crippen LogP contribution < -0.4 is 5.32 Å². The molecule has 120 valence electrons. The minimum absolute atomic E-state index is 0.150. The molecule has 2 saturated heterocycles. The Hall–Kier alpha value is -1.18. The van der Waals surface area contributed by atoms with Crippen LogP contribution in [0, 0.1) is 0 Å². The number of nitrogens with one attached hydrogen (secondary N) is 1. The number of hydrogen-bond acceptors (Lipinski definition) is 5. The molecule has 2 aliphatic rings. The Morgan fingerprint density at radius 1 is 1.24 bits per heavy atom. The molecule has 3 amide bonds. The third-order valence-corrected chi connectivity index (χ3v) is 3.89. The Labute approximate surface area is 124 Å². The minimum atomic E-state index is -0.762. The number of carbonyl (C=O) groups is 2. The van der Waals surface area contributed by atoms with Gasteiger partial charge < -0.3 is 19.5 Å². The van der Waals surface area contributed by atoms with Crippen molar-refractivity contribution in [3.05, 3.63) is 0 Å². The van der Waals surface area contributed by atoms with Gasteiger partial charge in [0.15, 0.2) is 6.29 Å². The Balaban J connectivity index is 1.93. The third-order valence-electron chi connectivity index (χ3n) is 3.89. The van der Waals surface area contributed by atoms with Gasteiger partial charge in [-0.05, 0) is 13.8 Å². The summed E-state index contributed by atoms with van der Waals surface area (Å²) in [5, 5.41) is 2.83. The highest BCUT2D eigenvalue weighted by Crippen LogP contribution is 2.28. The van der Waals surface area contributed by atoms with E-state index in [0.717, 1.165) is 0 Å². The number of hydrogen-bond donors (Lipinski definition) is 1. The number of imide groups is 1. The van der Waals surface area contributed by atoms with E-state index in [-0.39, 0.29) is 18.2 Å². The van der Waals surface area contributed by atoms with Crippen molar-refractivity contribution >= 4 is 11.9 Å². The van der Waals surface area contributed by atoms with Gasteiger partial charge >= 0.3 is 6.03 Å². The Kier molecular flexibility index (Phi) is 5.55. The second kappa shape index (κ2) is 7.20. The van der Waals surface area contributed by atoms with Crippen LogP contribution in [-0.2, 0) is 19.0 Å². The number of rotatable bonds is 7. The van der Waals surface area contributed by atoms with Crippen LogP contribution >= 0.6 is 0 Å². The van der Waals surface area contributed by atoms with Gasteiger partial charge in [-0.25, -0.2) is 4.79 Å². The molecule has 2 aliphatic heterocycles. The second-order valence-electron chi connectivity index (χ2n) is 5.21. The molecule has 7 nitrogen and oxygen atoms in total. The van der Waals surface area contributed by atoms with Gasteiger partial charge in [-0.1, -0.05) is 0 Å². The standard InChI is InChI=1S/C14H24N2O5/c1-3-20-11(21-4-2)5-8-16-12(17)14(15-13(16)18)6-9-19-10-7-14/h11H,3-10H2,1-2H3,(H,15,18). The van der Waals surface area contributed by atoms with E-state index in [1.54, 1.807) is 0 Å². The summed E-state index contributed by atoms with van der Waals surface area (Å²) < 4.78 is 16.2. The smallest absolute Gasteiger partial charge is 0.325 e. The van der Waals surface area contributed by atoms with E-state index in [1.165, 1.54) is 4.90 Å². The van der Waals surface area contributed by atoms with Crippen LogP contribution in [0.15, 0.2) is 0 Å². The van der Waals surface area contributed by atoms with E-state index in [9.17, 15) is 9.59 Å². The number of nitrogens with zero attached hydrogens (tertiary/aromatic N) is 1. The maximum absolute atomic E-state index is 12.5. The number of carbonyl (C=O) groups excluding carboxylic acids is 2. The predicted molar refractivity (Wildman–Crippen MR) is 74.7 cm³/mol. The first-order chi connectivity index (χ1) is 10.1. The van der Waals surface area contributed by atoms with Crippen molar-refractivity contribution in [2.75, 3.05) is 33.0 Å². The molecule has 0 bridgehead atoms. The average molecular weight is 300 g/mol. The largest absolute Gasteiger partial charge is 0.381 e. The molecule has 0 saturated carbocycles. The van der Waals surface area contributed by atoms with E-state index < -0.39 is 5.54 Å². The zero-order valence-corrected chi connectivity index (χ0v) is 12.7. The molecule has 0 aliphatic carbocycles. The quantitative estimate of drug-likeness (QED) is 0.558. The molecule has 7 heteroatoms. The summed E-state index contributed by atoms with van der Waals surface area (Å²) in [6, 6.07) is -0.325. The molecule has 0 unspecified atom stereocenters. The van der Waals surface area contributed by atoms with Crippen LogP contribution in [0.4, 0.5) is 4.79 Å². The first-order valence-corrected chi connectivity index (χ1v) is 7.58. The molecule has 2 heterocycles. The molecule has 2 rings (SSSR count). The van der Waals surface area contributed by atoms with Crippen LogP contribution in [0.3, 0.4) is 0 Å². The van der Waals surface area contributed by atoms with Gasteiger partial charge in [0.05, 0.1) is 0 Å². The monoisotopic (exact) mass is 300 g/mol. The number of urea groups is 1. The van der Waals surface area contributed by atoms with Gasteiger partial charge in [-0.15, -0.1) is 0 Å². The highest BCUT2D eigenvalue weighted by Gasteiger charge is 2.51. The SMILES string of the molecule is CCOC(CCN1C(=O)NC2(CCOCC2)C1=O)OCC. The Morgan fingerprint density at radius 2 is 1.86 bits per heavy atom. The van der Waals surface area contributed by atoms with Gasteiger partial charge in [0.1, 0.15) is 5.54 Å². The molecule has 0 aromatic heterocycles. The summed E-state index contributed by atoms with van der Waals surface area (Å²) >= 11 is 0. The van der Waals surface area contributed by atoms with Crippen LogP contribution in [-0.4, -0.2) is 61.6 Å². The summed E-state index contributed by atoms with van der Waals surface area (Å²) in [7, 11) is 0. The molecular weight excluding hydrogens is 276 g/mol. The van der Waals surface area contributed by atoms with E-state index in [1.807, 2.05) is 13.8 Å². The third kappa shape index (κ3) is 3.53. The van der Waals surface area contributed by atoms with E-state index >= 15 is 0 Å². The van der Waals surface area contributed by atoms with Gasteiger partial charge in [0.25, 0.3) is 5.91 Å². The lowest BCUT2D eigenvalue weighted by molar-refractivity contribution is -0.145. The van der Waals surface area contributed by atoms with Crippen molar-refractivity contribution in [2.45, 2.75) is 44.9 Å². The van der Waals surface area contributed by atoms with E-state index in [4.69, 9.17) is 14.2 Å². The fourth-order valence-electron chi connectivity index (χ4n) is 2.76. The van der Waals surface area contributed by atoms with Crippen molar-refractivity contribution in [3.8, 4) is 0 Å². The summed E-state index contributed by atoms with van der Waals surface area (Å²) in [5.41, 5.74) is -0.762. The number of amides is 3. The van der Waals surface area contributed by atoms with Crippen molar-refractivity contribution < 1.29 is 23.8 Å². The lowest BCUT2D eigenvalue weighted by Crippen LogP contribution is -2.51. The summed E-state index contributed by atoms with van der Waals surface area (Å²) in [5.74, 6) is -0.150. The van der Waals surface area contributed by atoms with E-state index in [2.05, 4.69) is 5.32 Å². The molecule has 0 aromatic rings. The fraction of sp³-hybridized carbons (Fsp3) is 0.857. The maximum atomic E-state index is 12.5. The Bertz CT molecular complexity index is 376. The fourth-order valence-corrected chi connectivity index (χ4v) is 2.76. The second-order valence-corrected chi connectivity index (χ2v) is 5.21. The molecular formula is C14H24N2O5. The van der Waals surface area contributed by atoms with Gasteiger partial charge in [-0.3, -0.25) is 9.69 Å². The lowest BCUT2D eigenvalue weighted by Gasteiger charge is -2.30. The molecule has 0 aromatic carbocycles. The minimum Gasteiger partial charge on any atom is -0.381 e. The van der Waals surface area contributed by atoms with Crippen molar-refractivity contribution in [3.63, 3.8) is 0 Å². The van der Waals surface area contributed by atoms with Crippen molar-refractivity contribution in [2.24, 2.45) is 0 Å². The molecule has 0 radical (unpaired) electrons. The predicted octanol–water partition coefficient (Wildman–Crippen LogP) is 0.877. The highest BCUT2D eigenvalue weighted by atomic mass is 16.7. The molecule has 21 heavy (non-hydrogen) atoms. The molecule has 1 N–H and O–H groups in total. The van der Waals surface area contributed by atoms with Gasteiger partial charge in [-0.2, -0.15) is 0 Å². The average Bonchev–Trinajstić information content (AvgIpc) is 2.69. The van der Waals surface area contributed by atoms with Gasteiger partial charge in [0.2, 0.25) is 0 Å². The zero-order valence-electron chi connectivity index (χ0n) is 12.7. The molecule has 1 spiro atoms. The van der Waals surface area contributed by atoms with Crippen molar-refractivity contribution in [1.82, 2.24) is 10.2 Å². The van der Waals surface area contributed by atoms with Crippen LogP contribution in [0.5, 0.6) is 0 Å². The van der Waals surface area contributed by atoms with Crippen molar-refractivity contribution in [1.29, 1.82) is 0 Å². The number of ether oxygens (including phenoxy) is 3. The summed E-state index contributed by atoms with van der Waals surface area (Å²) in [4.78, 5) is 25.9. The zero-order chi connectivity index (χ0) is 15.3. The van der Waals surface area contributed by atoms with E-state index in [0.29, 0.717) is 52.2 Å². The Morgan fingerprint density at radius 3 is 2.43 bits per heavy atom. The molecule has 0 atom stereocenters. The molecule has 2 fully saturated rings. The first-order valence-electron chi connectivity index (χ1n) is 7.58. The maximum Gasteiger partial charge on any atom is 0.325 e. The van der Waals surface area contributed by atoms with Crippen LogP contribution in [0.25, 0.3) is 0 Å². The highest BCUT2D eigenvalue weighted by molar-refractivity contribution is 6.07. The summed E-state index contributed by atoms with van der Waals surface area (Å²) in [6.07, 6.45) is 1.17. The normalized spacial score (nSPS) is 21.4. The lowest BCUT2D eigenvalue weighted by atomic mass is 9.90. The topological polar surface area (TPSA) is 77.1 Å². The van der Waals surface area contributed by atoms with Crippen LogP contribution in [0.1, 0.15) is 33.1 Å². The first kappa shape index (κ1) is 16.2. The van der Waals surface area contributed by atoms with Crippen LogP contribution in [0.2, 0.25) is 0 Å².